The zero-order valence-electron chi connectivity index (χ0n) is 12.4. The zero-order chi connectivity index (χ0) is 15.4. The summed E-state index contributed by atoms with van der Waals surface area (Å²) in [6.07, 6.45) is 0. The predicted octanol–water partition coefficient (Wildman–Crippen LogP) is 3.95. The average molecular weight is 289 g/mol. The van der Waals surface area contributed by atoms with Crippen molar-refractivity contribution in [2.75, 3.05) is 7.11 Å². The largest absolute Gasteiger partial charge is 0.507 e. The molecule has 2 N–H and O–H groups in total. The third-order valence-corrected chi connectivity index (χ3v) is 3.58. The smallest absolute Gasteiger partial charge is 0.127 e. The number of methoxy groups -OCH3 is 1. The molecule has 2 rings (SSSR count). The second-order valence-electron chi connectivity index (χ2n) is 5.06. The van der Waals surface area contributed by atoms with Gasteiger partial charge in [-0.3, -0.25) is 0 Å². The molecule has 112 valence electrons. The van der Waals surface area contributed by atoms with Gasteiger partial charge in [-0.25, -0.2) is 4.39 Å². The number of aromatic hydroxyl groups is 1. The molecule has 2 aromatic rings. The monoisotopic (exact) mass is 289 g/mol. The Labute approximate surface area is 124 Å². The van der Waals surface area contributed by atoms with Crippen molar-refractivity contribution in [2.24, 2.45) is 0 Å². The fraction of sp³-hybridized carbons (Fsp3) is 0.294. The van der Waals surface area contributed by atoms with Crippen LogP contribution in [-0.2, 0) is 0 Å². The van der Waals surface area contributed by atoms with Crippen LogP contribution >= 0.6 is 0 Å². The number of hydrogen-bond acceptors (Lipinski definition) is 3. The lowest BCUT2D eigenvalue weighted by Gasteiger charge is -2.22. The van der Waals surface area contributed by atoms with Gasteiger partial charge in [-0.1, -0.05) is 24.3 Å². The van der Waals surface area contributed by atoms with Crippen LogP contribution in [0.3, 0.4) is 0 Å². The van der Waals surface area contributed by atoms with E-state index in [0.29, 0.717) is 11.3 Å². The fourth-order valence-corrected chi connectivity index (χ4v) is 2.40. The maximum Gasteiger partial charge on any atom is 0.127 e. The Morgan fingerprint density at radius 3 is 2.33 bits per heavy atom. The number of phenolic OH excluding ortho intramolecular Hbond substituents is 1. The number of hydrogen-bond donors (Lipinski definition) is 2. The number of benzene rings is 2. The summed E-state index contributed by atoms with van der Waals surface area (Å²) in [5.41, 5.74) is 1.36. The van der Waals surface area contributed by atoms with Gasteiger partial charge < -0.3 is 15.2 Å². The Bertz CT molecular complexity index is 615. The lowest BCUT2D eigenvalue weighted by atomic mass is 10.0. The minimum atomic E-state index is -0.233. The van der Waals surface area contributed by atoms with Gasteiger partial charge in [0.05, 0.1) is 7.11 Å². The Morgan fingerprint density at radius 2 is 1.71 bits per heavy atom. The lowest BCUT2D eigenvalue weighted by molar-refractivity contribution is 0.401. The molecule has 3 nitrogen and oxygen atoms in total. The molecule has 0 fully saturated rings. The summed E-state index contributed by atoms with van der Waals surface area (Å²) in [4.78, 5) is 0. The van der Waals surface area contributed by atoms with Gasteiger partial charge in [-0.15, -0.1) is 0 Å². The van der Waals surface area contributed by atoms with Crippen molar-refractivity contribution in [3.8, 4) is 11.5 Å². The Balaban J connectivity index is 2.14. The molecule has 0 spiro atoms. The molecule has 0 aliphatic rings. The second kappa shape index (κ2) is 6.59. The number of rotatable bonds is 5. The van der Waals surface area contributed by atoms with Crippen LogP contribution in [0.4, 0.5) is 4.39 Å². The highest BCUT2D eigenvalue weighted by Crippen LogP contribution is 2.30. The van der Waals surface area contributed by atoms with Gasteiger partial charge in [0.1, 0.15) is 17.3 Å². The summed E-state index contributed by atoms with van der Waals surface area (Å²) < 4.78 is 18.8. The molecule has 1 unspecified atom stereocenters. The third-order valence-electron chi connectivity index (χ3n) is 3.58. The lowest BCUT2D eigenvalue weighted by Crippen LogP contribution is -2.23. The van der Waals surface area contributed by atoms with E-state index in [2.05, 4.69) is 5.32 Å². The van der Waals surface area contributed by atoms with Gasteiger partial charge in [-0.2, -0.15) is 0 Å². The van der Waals surface area contributed by atoms with E-state index in [9.17, 15) is 9.50 Å². The minimum absolute atomic E-state index is 0.120. The average Bonchev–Trinajstić information content (AvgIpc) is 2.47. The first-order valence-corrected chi connectivity index (χ1v) is 6.90. The molecule has 2 aromatic carbocycles. The van der Waals surface area contributed by atoms with Gasteiger partial charge in [-0.05, 0) is 26.0 Å². The standard InChI is InChI=1S/C17H20FNO2/c1-11(14-6-4-5-7-16(14)18)19-12(2)15-9-8-13(21-3)10-17(15)20/h4-12,19-20H,1-3H3/t11-,12?/m1/s1. The maximum absolute atomic E-state index is 13.8. The van der Waals surface area contributed by atoms with Crippen LogP contribution in [-0.4, -0.2) is 12.2 Å². The van der Waals surface area contributed by atoms with Crippen LogP contribution in [0.15, 0.2) is 42.5 Å². The van der Waals surface area contributed by atoms with Crippen molar-refractivity contribution >= 4 is 0 Å². The van der Waals surface area contributed by atoms with Crippen LogP contribution in [0.1, 0.15) is 37.1 Å². The Hall–Kier alpha value is -2.07. The third kappa shape index (κ3) is 3.52. The van der Waals surface area contributed by atoms with Crippen molar-refractivity contribution in [1.29, 1.82) is 0 Å². The van der Waals surface area contributed by atoms with Crippen molar-refractivity contribution in [3.05, 3.63) is 59.4 Å². The molecular formula is C17H20FNO2. The van der Waals surface area contributed by atoms with Gasteiger partial charge >= 0.3 is 0 Å². The Kier molecular flexibility index (Phi) is 4.81. The SMILES string of the molecule is COc1ccc(C(C)N[C@H](C)c2ccccc2F)c(O)c1. The number of halogens is 1. The zero-order valence-corrected chi connectivity index (χ0v) is 12.4. The molecule has 0 amide bonds. The van der Waals surface area contributed by atoms with Crippen LogP contribution in [0.5, 0.6) is 11.5 Å². The van der Waals surface area contributed by atoms with Gasteiger partial charge in [0.15, 0.2) is 0 Å². The first kappa shape index (κ1) is 15.3. The van der Waals surface area contributed by atoms with Crippen molar-refractivity contribution in [1.82, 2.24) is 5.32 Å². The first-order chi connectivity index (χ1) is 10.0. The first-order valence-electron chi connectivity index (χ1n) is 6.90. The van der Waals surface area contributed by atoms with E-state index in [1.807, 2.05) is 19.9 Å². The van der Waals surface area contributed by atoms with E-state index in [4.69, 9.17) is 4.74 Å². The molecule has 0 radical (unpaired) electrons. The molecule has 0 aliphatic heterocycles. The molecule has 0 saturated heterocycles. The second-order valence-corrected chi connectivity index (χ2v) is 5.06. The highest BCUT2D eigenvalue weighted by molar-refractivity contribution is 5.41. The van der Waals surface area contributed by atoms with Crippen LogP contribution in [0.2, 0.25) is 0 Å². The van der Waals surface area contributed by atoms with Crippen LogP contribution in [0.25, 0.3) is 0 Å². The summed E-state index contributed by atoms with van der Waals surface area (Å²) >= 11 is 0. The van der Waals surface area contributed by atoms with E-state index in [-0.39, 0.29) is 23.7 Å². The molecule has 0 bridgehead atoms. The van der Waals surface area contributed by atoms with Crippen LogP contribution < -0.4 is 10.1 Å². The molecule has 0 aliphatic carbocycles. The molecule has 2 atom stereocenters. The van der Waals surface area contributed by atoms with Gasteiger partial charge in [0, 0.05) is 29.3 Å². The maximum atomic E-state index is 13.8. The van der Waals surface area contributed by atoms with E-state index >= 15 is 0 Å². The van der Waals surface area contributed by atoms with Gasteiger partial charge in [0.2, 0.25) is 0 Å². The molecule has 0 saturated carbocycles. The van der Waals surface area contributed by atoms with Crippen molar-refractivity contribution in [2.45, 2.75) is 25.9 Å². The van der Waals surface area contributed by atoms with E-state index in [1.165, 1.54) is 6.07 Å². The quantitative estimate of drug-likeness (QED) is 0.875. The molecule has 21 heavy (non-hydrogen) atoms. The van der Waals surface area contributed by atoms with E-state index in [1.54, 1.807) is 37.4 Å². The summed E-state index contributed by atoms with van der Waals surface area (Å²) in [5, 5.41) is 13.3. The number of phenols is 1. The predicted molar refractivity (Wildman–Crippen MR) is 81.0 cm³/mol. The normalized spacial score (nSPS) is 13.7. The van der Waals surface area contributed by atoms with Crippen LogP contribution in [0, 0.1) is 5.82 Å². The topological polar surface area (TPSA) is 41.5 Å². The summed E-state index contributed by atoms with van der Waals surface area (Å²) in [7, 11) is 1.55. The summed E-state index contributed by atoms with van der Waals surface area (Å²) in [5.74, 6) is 0.532. The van der Waals surface area contributed by atoms with Crippen molar-refractivity contribution in [3.63, 3.8) is 0 Å². The number of ether oxygens (including phenoxy) is 1. The molecule has 0 heterocycles. The van der Waals surface area contributed by atoms with Gasteiger partial charge in [0.25, 0.3) is 0 Å². The minimum Gasteiger partial charge on any atom is -0.507 e. The van der Waals surface area contributed by atoms with Crippen molar-refractivity contribution < 1.29 is 14.2 Å². The highest BCUT2D eigenvalue weighted by atomic mass is 19.1. The molecule has 0 aromatic heterocycles. The summed E-state index contributed by atoms with van der Waals surface area (Å²) in [6.45, 7) is 3.83. The highest BCUT2D eigenvalue weighted by Gasteiger charge is 2.16. The molecule has 4 heteroatoms. The summed E-state index contributed by atoms with van der Waals surface area (Å²) in [6, 6.07) is 11.6. The number of nitrogens with one attached hydrogen (secondary N) is 1. The van der Waals surface area contributed by atoms with E-state index < -0.39 is 0 Å². The molecular weight excluding hydrogens is 269 g/mol. The van der Waals surface area contributed by atoms with E-state index in [0.717, 1.165) is 5.56 Å². The Morgan fingerprint density at radius 1 is 1.05 bits per heavy atom. The fourth-order valence-electron chi connectivity index (χ4n) is 2.40.